The molecule has 0 saturated carbocycles. The van der Waals surface area contributed by atoms with Gasteiger partial charge in [-0.3, -0.25) is 4.90 Å². The molecular formula is C13H17NO3. The van der Waals surface area contributed by atoms with Crippen LogP contribution in [0.3, 0.4) is 0 Å². The van der Waals surface area contributed by atoms with Gasteiger partial charge in [-0.15, -0.1) is 0 Å². The second-order valence-electron chi connectivity index (χ2n) is 4.64. The molecule has 1 fully saturated rings. The number of carboxylic acid groups (broad SMARTS) is 1. The average Bonchev–Trinajstić information content (AvgIpc) is 2.30. The number of carbonyl (C=O) groups is 1. The number of aliphatic carboxylic acids is 1. The van der Waals surface area contributed by atoms with Gasteiger partial charge >= 0.3 is 5.97 Å². The lowest BCUT2D eigenvalue weighted by molar-refractivity contribution is -0.164. The first-order chi connectivity index (χ1) is 8.10. The smallest absolute Gasteiger partial charge is 0.337 e. The molecule has 1 aliphatic heterocycles. The van der Waals surface area contributed by atoms with Gasteiger partial charge < -0.3 is 10.2 Å². The maximum Gasteiger partial charge on any atom is 0.337 e. The summed E-state index contributed by atoms with van der Waals surface area (Å²) in [5.74, 6) is -1.12. The molecule has 1 aliphatic rings. The Morgan fingerprint density at radius 3 is 2.71 bits per heavy atom. The number of hydrogen-bond donors (Lipinski definition) is 2. The fourth-order valence-electron chi connectivity index (χ4n) is 2.27. The Morgan fingerprint density at radius 2 is 2.06 bits per heavy atom. The van der Waals surface area contributed by atoms with Crippen LogP contribution in [0.25, 0.3) is 0 Å². The number of piperidine rings is 1. The molecule has 4 nitrogen and oxygen atoms in total. The Hall–Kier alpha value is -1.39. The molecule has 0 aromatic heterocycles. The Morgan fingerprint density at radius 1 is 1.35 bits per heavy atom. The summed E-state index contributed by atoms with van der Waals surface area (Å²) in [6.45, 7) is 1.73. The van der Waals surface area contributed by atoms with Gasteiger partial charge in [-0.1, -0.05) is 30.3 Å². The molecule has 0 radical (unpaired) electrons. The van der Waals surface area contributed by atoms with Crippen molar-refractivity contribution in [2.24, 2.45) is 0 Å². The third-order valence-electron chi connectivity index (χ3n) is 3.20. The molecule has 2 N–H and O–H groups in total. The van der Waals surface area contributed by atoms with Crippen molar-refractivity contribution < 1.29 is 15.0 Å². The fraction of sp³-hybridized carbons (Fsp3) is 0.462. The molecule has 4 heteroatoms. The number of rotatable bonds is 3. The highest BCUT2D eigenvalue weighted by molar-refractivity contribution is 5.77. The molecule has 1 saturated heterocycles. The van der Waals surface area contributed by atoms with E-state index in [9.17, 15) is 9.90 Å². The van der Waals surface area contributed by atoms with E-state index in [1.807, 2.05) is 35.2 Å². The summed E-state index contributed by atoms with van der Waals surface area (Å²) < 4.78 is 0. The maximum atomic E-state index is 11.0. The quantitative estimate of drug-likeness (QED) is 0.823. The second kappa shape index (κ2) is 4.85. The highest BCUT2D eigenvalue weighted by atomic mass is 16.4. The fourth-order valence-corrected chi connectivity index (χ4v) is 2.27. The van der Waals surface area contributed by atoms with Gasteiger partial charge in [0.15, 0.2) is 5.60 Å². The van der Waals surface area contributed by atoms with Crippen LogP contribution in [0.1, 0.15) is 18.4 Å². The zero-order chi connectivity index (χ0) is 12.3. The van der Waals surface area contributed by atoms with E-state index in [1.165, 1.54) is 0 Å². The molecule has 1 aromatic carbocycles. The third-order valence-corrected chi connectivity index (χ3v) is 3.20. The van der Waals surface area contributed by atoms with Gasteiger partial charge in [-0.05, 0) is 24.9 Å². The largest absolute Gasteiger partial charge is 0.479 e. The summed E-state index contributed by atoms with van der Waals surface area (Å²) >= 11 is 0. The van der Waals surface area contributed by atoms with Gasteiger partial charge in [0.05, 0.1) is 0 Å². The van der Waals surface area contributed by atoms with Crippen LogP contribution < -0.4 is 0 Å². The predicted octanol–water partition coefficient (Wildman–Crippen LogP) is 1.10. The Balaban J connectivity index is 2.01. The van der Waals surface area contributed by atoms with Gasteiger partial charge in [-0.2, -0.15) is 0 Å². The molecule has 92 valence electrons. The third kappa shape index (κ3) is 2.84. The van der Waals surface area contributed by atoms with Gasteiger partial charge in [-0.25, -0.2) is 4.79 Å². The number of carboxylic acids is 1. The summed E-state index contributed by atoms with van der Waals surface area (Å²) in [5, 5.41) is 19.0. The molecule has 2 rings (SSSR count). The molecule has 1 aromatic rings. The van der Waals surface area contributed by atoms with E-state index >= 15 is 0 Å². The van der Waals surface area contributed by atoms with Crippen molar-refractivity contribution in [2.75, 3.05) is 13.1 Å². The van der Waals surface area contributed by atoms with Gasteiger partial charge in [0.25, 0.3) is 0 Å². The number of benzene rings is 1. The number of hydrogen-bond acceptors (Lipinski definition) is 3. The molecule has 0 amide bonds. The zero-order valence-corrected chi connectivity index (χ0v) is 9.67. The number of nitrogens with zero attached hydrogens (tertiary/aromatic N) is 1. The van der Waals surface area contributed by atoms with E-state index in [-0.39, 0.29) is 6.54 Å². The number of β-amino-alcohol motifs (C(OH)–C–C–N with tert-alkyl or cyclic N) is 1. The lowest BCUT2D eigenvalue weighted by Crippen LogP contribution is -2.52. The van der Waals surface area contributed by atoms with Crippen LogP contribution in [0.15, 0.2) is 30.3 Å². The van der Waals surface area contributed by atoms with Crippen molar-refractivity contribution >= 4 is 5.97 Å². The zero-order valence-electron chi connectivity index (χ0n) is 9.67. The molecule has 1 atom stereocenters. The van der Waals surface area contributed by atoms with Crippen LogP contribution in [0.2, 0.25) is 0 Å². The van der Waals surface area contributed by atoms with Crippen molar-refractivity contribution in [1.82, 2.24) is 4.90 Å². The summed E-state index contributed by atoms with van der Waals surface area (Å²) in [7, 11) is 0. The number of likely N-dealkylation sites (tertiary alicyclic amines) is 1. The summed E-state index contributed by atoms with van der Waals surface area (Å²) in [5.41, 5.74) is -0.435. The van der Waals surface area contributed by atoms with Crippen molar-refractivity contribution in [3.05, 3.63) is 35.9 Å². The van der Waals surface area contributed by atoms with Crippen LogP contribution in [0.4, 0.5) is 0 Å². The first-order valence-electron chi connectivity index (χ1n) is 5.82. The standard InChI is InChI=1S/C13H17NO3/c15-12(16)13(17)7-4-8-14(10-13)9-11-5-2-1-3-6-11/h1-3,5-6,17H,4,7-10H2,(H,15,16). The minimum Gasteiger partial charge on any atom is -0.479 e. The highest BCUT2D eigenvalue weighted by Crippen LogP contribution is 2.22. The molecule has 0 bridgehead atoms. The molecule has 0 spiro atoms. The minimum absolute atomic E-state index is 0.206. The first kappa shape index (κ1) is 12.1. The predicted molar refractivity (Wildman–Crippen MR) is 63.5 cm³/mol. The Labute approximate surface area is 100 Å². The summed E-state index contributed by atoms with van der Waals surface area (Å²) in [6.07, 6.45) is 1.06. The van der Waals surface area contributed by atoms with Crippen LogP contribution in [-0.2, 0) is 11.3 Å². The molecule has 0 aliphatic carbocycles. The first-order valence-corrected chi connectivity index (χ1v) is 5.82. The van der Waals surface area contributed by atoms with E-state index in [1.54, 1.807) is 0 Å². The Kier molecular flexibility index (Phi) is 3.45. The van der Waals surface area contributed by atoms with Crippen LogP contribution >= 0.6 is 0 Å². The molecular weight excluding hydrogens is 218 g/mol. The normalized spacial score (nSPS) is 25.7. The van der Waals surface area contributed by atoms with Crippen molar-refractivity contribution in [3.63, 3.8) is 0 Å². The lowest BCUT2D eigenvalue weighted by Gasteiger charge is -2.36. The molecule has 17 heavy (non-hydrogen) atoms. The van der Waals surface area contributed by atoms with Crippen LogP contribution in [0.5, 0.6) is 0 Å². The average molecular weight is 235 g/mol. The van der Waals surface area contributed by atoms with E-state index in [4.69, 9.17) is 5.11 Å². The number of aliphatic hydroxyl groups is 1. The highest BCUT2D eigenvalue weighted by Gasteiger charge is 2.40. The summed E-state index contributed by atoms with van der Waals surface area (Å²) in [4.78, 5) is 13.0. The maximum absolute atomic E-state index is 11.0. The van der Waals surface area contributed by atoms with E-state index < -0.39 is 11.6 Å². The summed E-state index contributed by atoms with van der Waals surface area (Å²) in [6, 6.07) is 9.89. The van der Waals surface area contributed by atoms with Crippen LogP contribution in [-0.4, -0.2) is 39.8 Å². The van der Waals surface area contributed by atoms with Gasteiger partial charge in [0.2, 0.25) is 0 Å². The second-order valence-corrected chi connectivity index (χ2v) is 4.64. The molecule has 1 unspecified atom stereocenters. The molecule has 1 heterocycles. The van der Waals surface area contributed by atoms with Gasteiger partial charge in [0.1, 0.15) is 0 Å². The van der Waals surface area contributed by atoms with Crippen molar-refractivity contribution in [3.8, 4) is 0 Å². The lowest BCUT2D eigenvalue weighted by atomic mass is 9.93. The van der Waals surface area contributed by atoms with Crippen molar-refractivity contribution in [2.45, 2.75) is 25.0 Å². The Bertz CT molecular complexity index is 393. The van der Waals surface area contributed by atoms with Crippen molar-refractivity contribution in [1.29, 1.82) is 0 Å². The SMILES string of the molecule is O=C(O)C1(O)CCCN(Cc2ccccc2)C1. The minimum atomic E-state index is -1.58. The van der Waals surface area contributed by atoms with E-state index in [0.717, 1.165) is 18.5 Å². The van der Waals surface area contributed by atoms with E-state index in [0.29, 0.717) is 13.0 Å². The monoisotopic (exact) mass is 235 g/mol. The van der Waals surface area contributed by atoms with Crippen LogP contribution in [0, 0.1) is 0 Å². The topological polar surface area (TPSA) is 60.8 Å². The van der Waals surface area contributed by atoms with Gasteiger partial charge in [0, 0.05) is 13.1 Å². The van der Waals surface area contributed by atoms with E-state index in [2.05, 4.69) is 0 Å².